The summed E-state index contributed by atoms with van der Waals surface area (Å²) in [6.07, 6.45) is 66.2. The molecule has 6 heteroatoms. The Hall–Kier alpha value is -4.19. The van der Waals surface area contributed by atoms with Crippen LogP contribution < -0.4 is 0 Å². The molecule has 0 N–H and O–H groups in total. The maximum atomic E-state index is 12.8. The number of unbranched alkanes of at least 4 members (excludes halogenated alkanes) is 12. The molecule has 0 amide bonds. The zero-order chi connectivity index (χ0) is 44.4. The van der Waals surface area contributed by atoms with Crippen LogP contribution in [0.4, 0.5) is 0 Å². The molecule has 0 spiro atoms. The minimum atomic E-state index is -0.829. The monoisotopic (exact) mass is 843 g/mol. The molecule has 0 aliphatic rings. The number of allylic oxidation sites excluding steroid dienone is 20. The highest BCUT2D eigenvalue weighted by Gasteiger charge is 2.19. The fraction of sp³-hybridized carbons (Fsp3) is 0.582. The van der Waals surface area contributed by atoms with Gasteiger partial charge in [-0.15, -0.1) is 0 Å². The summed E-state index contributed by atoms with van der Waals surface area (Å²) in [4.78, 5) is 37.8. The highest BCUT2D eigenvalue weighted by molar-refractivity contribution is 5.71. The number of ether oxygens (including phenoxy) is 3. The van der Waals surface area contributed by atoms with Crippen LogP contribution in [0.2, 0.25) is 0 Å². The van der Waals surface area contributed by atoms with Gasteiger partial charge in [0, 0.05) is 19.3 Å². The van der Waals surface area contributed by atoms with E-state index >= 15 is 0 Å². The van der Waals surface area contributed by atoms with Crippen molar-refractivity contribution in [2.75, 3.05) is 13.2 Å². The summed E-state index contributed by atoms with van der Waals surface area (Å²) in [5, 5.41) is 0. The van der Waals surface area contributed by atoms with Crippen LogP contribution in [0.25, 0.3) is 0 Å². The number of hydrogen-bond acceptors (Lipinski definition) is 6. The summed E-state index contributed by atoms with van der Waals surface area (Å²) >= 11 is 0. The summed E-state index contributed by atoms with van der Waals surface area (Å²) in [7, 11) is 0. The van der Waals surface area contributed by atoms with E-state index in [9.17, 15) is 14.4 Å². The molecular formula is C55H86O6. The van der Waals surface area contributed by atoms with E-state index in [1.54, 1.807) is 0 Å². The van der Waals surface area contributed by atoms with Crippen LogP contribution in [-0.4, -0.2) is 37.2 Å². The zero-order valence-electron chi connectivity index (χ0n) is 38.9. The van der Waals surface area contributed by atoms with Crippen molar-refractivity contribution in [2.24, 2.45) is 0 Å². The molecule has 0 aromatic rings. The van der Waals surface area contributed by atoms with E-state index in [1.807, 2.05) is 0 Å². The SMILES string of the molecule is CC\C=C/C=C\C=C/CCCCCCCCCC(=O)OC(COC(=O)CCC/C=C\C/C=C\C/C=C\CC)COC(=O)CCC/C=C\C/C=C\C/C=C\C/C=C\CCCCC. The largest absolute Gasteiger partial charge is 0.462 e. The molecule has 1 atom stereocenters. The molecule has 0 rings (SSSR count). The Morgan fingerprint density at radius 3 is 1.23 bits per heavy atom. The molecule has 0 radical (unpaired) electrons. The Kier molecular flexibility index (Phi) is 45.1. The first-order chi connectivity index (χ1) is 30.0. The first-order valence-electron chi connectivity index (χ1n) is 24.1. The van der Waals surface area contributed by atoms with E-state index in [2.05, 4.69) is 142 Å². The fourth-order valence-electron chi connectivity index (χ4n) is 5.93. The number of carbonyl (C=O) groups excluding carboxylic acids is 3. The third-order valence-corrected chi connectivity index (χ3v) is 9.49. The van der Waals surface area contributed by atoms with Crippen molar-refractivity contribution in [3.05, 3.63) is 122 Å². The lowest BCUT2D eigenvalue weighted by Gasteiger charge is -2.18. The summed E-state index contributed by atoms with van der Waals surface area (Å²) in [6.45, 7) is 6.22. The normalized spacial score (nSPS) is 13.2. The molecule has 6 nitrogen and oxygen atoms in total. The van der Waals surface area contributed by atoms with Gasteiger partial charge in [0.2, 0.25) is 0 Å². The molecule has 0 fully saturated rings. The second-order valence-electron chi connectivity index (χ2n) is 15.3. The van der Waals surface area contributed by atoms with Gasteiger partial charge in [-0.3, -0.25) is 14.4 Å². The molecule has 0 aliphatic heterocycles. The zero-order valence-corrected chi connectivity index (χ0v) is 38.9. The van der Waals surface area contributed by atoms with Gasteiger partial charge in [0.1, 0.15) is 13.2 Å². The Labute approximate surface area is 373 Å². The summed E-state index contributed by atoms with van der Waals surface area (Å²) in [5.74, 6) is -1.06. The van der Waals surface area contributed by atoms with Crippen molar-refractivity contribution in [1.29, 1.82) is 0 Å². The molecule has 1 unspecified atom stereocenters. The third-order valence-electron chi connectivity index (χ3n) is 9.49. The van der Waals surface area contributed by atoms with E-state index in [1.165, 1.54) is 44.9 Å². The quantitative estimate of drug-likeness (QED) is 0.0201. The summed E-state index contributed by atoms with van der Waals surface area (Å²) in [6, 6.07) is 0. The molecule has 61 heavy (non-hydrogen) atoms. The lowest BCUT2D eigenvalue weighted by Crippen LogP contribution is -2.30. The van der Waals surface area contributed by atoms with E-state index < -0.39 is 6.10 Å². The number of carbonyl (C=O) groups is 3. The summed E-state index contributed by atoms with van der Waals surface area (Å²) < 4.78 is 16.6. The molecule has 0 aromatic carbocycles. The van der Waals surface area contributed by atoms with Crippen LogP contribution in [0.3, 0.4) is 0 Å². The molecule has 342 valence electrons. The van der Waals surface area contributed by atoms with Crippen LogP contribution in [0.5, 0.6) is 0 Å². The topological polar surface area (TPSA) is 78.9 Å². The Balaban J connectivity index is 4.56. The minimum Gasteiger partial charge on any atom is -0.462 e. The van der Waals surface area contributed by atoms with Crippen LogP contribution in [0.1, 0.15) is 188 Å². The minimum absolute atomic E-state index is 0.130. The fourth-order valence-corrected chi connectivity index (χ4v) is 5.93. The van der Waals surface area contributed by atoms with E-state index in [0.717, 1.165) is 89.9 Å². The lowest BCUT2D eigenvalue weighted by atomic mass is 10.1. The van der Waals surface area contributed by atoms with Crippen molar-refractivity contribution in [1.82, 2.24) is 0 Å². The van der Waals surface area contributed by atoms with Gasteiger partial charge in [-0.25, -0.2) is 0 Å². The summed E-state index contributed by atoms with van der Waals surface area (Å²) in [5.41, 5.74) is 0. The van der Waals surface area contributed by atoms with Crippen molar-refractivity contribution in [3.63, 3.8) is 0 Å². The molecular weight excluding hydrogens is 757 g/mol. The lowest BCUT2D eigenvalue weighted by molar-refractivity contribution is -0.167. The maximum absolute atomic E-state index is 12.8. The van der Waals surface area contributed by atoms with Gasteiger partial charge in [0.05, 0.1) is 0 Å². The van der Waals surface area contributed by atoms with E-state index in [4.69, 9.17) is 14.2 Å². The second-order valence-corrected chi connectivity index (χ2v) is 15.3. The third kappa shape index (κ3) is 46.7. The van der Waals surface area contributed by atoms with Gasteiger partial charge in [0.25, 0.3) is 0 Å². The van der Waals surface area contributed by atoms with Crippen LogP contribution in [0.15, 0.2) is 122 Å². The van der Waals surface area contributed by atoms with Gasteiger partial charge in [-0.05, 0) is 103 Å². The first kappa shape index (κ1) is 56.8. The van der Waals surface area contributed by atoms with Crippen LogP contribution >= 0.6 is 0 Å². The molecule has 0 aliphatic carbocycles. The van der Waals surface area contributed by atoms with Crippen molar-refractivity contribution in [2.45, 2.75) is 194 Å². The van der Waals surface area contributed by atoms with Crippen molar-refractivity contribution >= 4 is 17.9 Å². The Morgan fingerprint density at radius 1 is 0.361 bits per heavy atom. The van der Waals surface area contributed by atoms with Crippen molar-refractivity contribution < 1.29 is 28.6 Å². The second kappa shape index (κ2) is 48.5. The number of esters is 3. The molecule has 0 bridgehead atoms. The molecule has 0 aromatic heterocycles. The van der Waals surface area contributed by atoms with Gasteiger partial charge in [-0.2, -0.15) is 0 Å². The number of hydrogen-bond donors (Lipinski definition) is 0. The average Bonchev–Trinajstić information content (AvgIpc) is 3.26. The molecule has 0 saturated heterocycles. The smallest absolute Gasteiger partial charge is 0.306 e. The van der Waals surface area contributed by atoms with Gasteiger partial charge >= 0.3 is 17.9 Å². The highest BCUT2D eigenvalue weighted by Crippen LogP contribution is 2.12. The van der Waals surface area contributed by atoms with Gasteiger partial charge in [-0.1, -0.05) is 187 Å². The van der Waals surface area contributed by atoms with Gasteiger partial charge in [0.15, 0.2) is 6.10 Å². The first-order valence-corrected chi connectivity index (χ1v) is 24.1. The van der Waals surface area contributed by atoms with E-state index in [-0.39, 0.29) is 50.4 Å². The molecule has 0 heterocycles. The van der Waals surface area contributed by atoms with Crippen LogP contribution in [-0.2, 0) is 28.6 Å². The predicted molar refractivity (Wildman–Crippen MR) is 260 cm³/mol. The van der Waals surface area contributed by atoms with Crippen molar-refractivity contribution in [3.8, 4) is 0 Å². The number of rotatable bonds is 41. The Bertz CT molecular complexity index is 1340. The predicted octanol–water partition coefficient (Wildman–Crippen LogP) is 15.7. The maximum Gasteiger partial charge on any atom is 0.306 e. The molecule has 0 saturated carbocycles. The Morgan fingerprint density at radius 2 is 0.738 bits per heavy atom. The van der Waals surface area contributed by atoms with Crippen LogP contribution in [0, 0.1) is 0 Å². The average molecular weight is 843 g/mol. The standard InChI is InChI=1S/C55H86O6/c1-4-7-10-13-16-19-22-24-26-27-29-30-33-36-39-42-45-48-54(57)60-51-52(50-59-53(56)47-44-41-38-35-32-21-18-15-12-9-6-3)61-55(58)49-46-43-40-37-34-31-28-25-23-20-17-14-11-8-5-2/h8-9,11-12,14,16-21,23-24,26,29-30,35-36,38-39,52H,4-7,10,13,15,22,25,27-28,31-34,37,40-51H2,1-3H3/b11-8-,12-9-,17-14-,19-16-,21-18-,23-20-,26-24-,30-29-,38-35-,39-36-. The van der Waals surface area contributed by atoms with E-state index in [0.29, 0.717) is 12.8 Å². The highest BCUT2D eigenvalue weighted by atomic mass is 16.6. The van der Waals surface area contributed by atoms with Gasteiger partial charge < -0.3 is 14.2 Å².